The van der Waals surface area contributed by atoms with E-state index in [-0.39, 0.29) is 5.78 Å². The van der Waals surface area contributed by atoms with Crippen LogP contribution in [0.5, 0.6) is 17.2 Å². The third kappa shape index (κ3) is 3.12. The Morgan fingerprint density at radius 1 is 1.19 bits per heavy atom. The summed E-state index contributed by atoms with van der Waals surface area (Å²) in [7, 11) is 1.52. The van der Waals surface area contributed by atoms with Crippen molar-refractivity contribution in [3.05, 3.63) is 47.5 Å². The van der Waals surface area contributed by atoms with Crippen LogP contribution in [0, 0.1) is 11.3 Å². The molecule has 2 aromatic carbocycles. The van der Waals surface area contributed by atoms with Gasteiger partial charge in [-0.2, -0.15) is 5.26 Å². The van der Waals surface area contributed by atoms with Crippen LogP contribution in [-0.2, 0) is 0 Å². The minimum Gasteiger partial charge on any atom is -0.497 e. The molecule has 0 aliphatic heterocycles. The number of nitrogen functional groups attached to an aromatic ring is 1. The molecule has 0 amide bonds. The topological polar surface area (TPSA) is 85.3 Å². The van der Waals surface area contributed by atoms with E-state index in [1.54, 1.807) is 36.4 Å². The Balaban J connectivity index is 2.47. The van der Waals surface area contributed by atoms with Gasteiger partial charge >= 0.3 is 0 Å². The van der Waals surface area contributed by atoms with Gasteiger partial charge in [-0.1, -0.05) is 0 Å². The van der Waals surface area contributed by atoms with Gasteiger partial charge in [-0.25, -0.2) is 0 Å². The number of hydrogen-bond acceptors (Lipinski definition) is 5. The summed E-state index contributed by atoms with van der Waals surface area (Å²) in [6.07, 6.45) is 0. The van der Waals surface area contributed by atoms with E-state index in [1.807, 2.05) is 6.07 Å². The van der Waals surface area contributed by atoms with E-state index in [4.69, 9.17) is 20.5 Å². The number of nitrogens with zero attached hydrogens (tertiary/aromatic N) is 1. The van der Waals surface area contributed by atoms with Crippen molar-refractivity contribution in [2.45, 2.75) is 6.92 Å². The van der Waals surface area contributed by atoms with E-state index in [0.29, 0.717) is 34.1 Å². The molecule has 0 atom stereocenters. The van der Waals surface area contributed by atoms with Gasteiger partial charge in [-0.15, -0.1) is 0 Å². The van der Waals surface area contributed by atoms with Crippen LogP contribution in [0.3, 0.4) is 0 Å². The summed E-state index contributed by atoms with van der Waals surface area (Å²) in [5.41, 5.74) is 6.86. The van der Waals surface area contributed by atoms with E-state index < -0.39 is 0 Å². The number of carbonyl (C=O) groups excluding carboxylic acids is 1. The fourth-order valence-corrected chi connectivity index (χ4v) is 1.84. The Labute approximate surface area is 122 Å². The predicted octanol–water partition coefficient (Wildman–Crippen LogP) is 3.14. The molecule has 0 bridgehead atoms. The number of Topliss-reactive ketones (excluding diaryl/α,β-unsaturated/α-hetero) is 1. The zero-order valence-corrected chi connectivity index (χ0v) is 11.7. The number of nitriles is 1. The van der Waals surface area contributed by atoms with Crippen molar-refractivity contribution in [3.8, 4) is 23.3 Å². The number of hydrogen-bond donors (Lipinski definition) is 1. The molecule has 2 aromatic rings. The molecular weight excluding hydrogens is 268 g/mol. The van der Waals surface area contributed by atoms with E-state index >= 15 is 0 Å². The summed E-state index contributed by atoms with van der Waals surface area (Å²) >= 11 is 0. The van der Waals surface area contributed by atoms with Crippen molar-refractivity contribution in [1.82, 2.24) is 0 Å². The van der Waals surface area contributed by atoms with Crippen molar-refractivity contribution < 1.29 is 14.3 Å². The maximum Gasteiger partial charge on any atom is 0.163 e. The minimum absolute atomic E-state index is 0.168. The molecule has 0 aliphatic carbocycles. The number of nitrogens with two attached hydrogens (primary N) is 1. The lowest BCUT2D eigenvalue weighted by atomic mass is 10.1. The predicted molar refractivity (Wildman–Crippen MR) is 78.6 cm³/mol. The van der Waals surface area contributed by atoms with E-state index in [1.165, 1.54) is 14.0 Å². The SMILES string of the molecule is COc1ccc(C#N)c(Oc2ccc(N)cc2C(C)=O)c1. The lowest BCUT2D eigenvalue weighted by Gasteiger charge is -2.12. The molecule has 5 nitrogen and oxygen atoms in total. The van der Waals surface area contributed by atoms with Crippen molar-refractivity contribution >= 4 is 11.5 Å². The van der Waals surface area contributed by atoms with Crippen molar-refractivity contribution in [2.75, 3.05) is 12.8 Å². The quantitative estimate of drug-likeness (QED) is 0.687. The Kier molecular flexibility index (Phi) is 4.10. The first kappa shape index (κ1) is 14.4. The molecule has 0 radical (unpaired) electrons. The van der Waals surface area contributed by atoms with Crippen molar-refractivity contribution in [1.29, 1.82) is 5.26 Å². The Bertz CT molecular complexity index is 733. The van der Waals surface area contributed by atoms with Crippen LogP contribution in [0.1, 0.15) is 22.8 Å². The van der Waals surface area contributed by atoms with E-state index in [0.717, 1.165) is 0 Å². The lowest BCUT2D eigenvalue weighted by molar-refractivity contribution is 0.101. The average molecular weight is 282 g/mol. The first-order valence-corrected chi connectivity index (χ1v) is 6.21. The van der Waals surface area contributed by atoms with Gasteiger partial charge in [0.05, 0.1) is 18.2 Å². The van der Waals surface area contributed by atoms with Crippen LogP contribution in [0.15, 0.2) is 36.4 Å². The van der Waals surface area contributed by atoms with E-state index in [9.17, 15) is 4.79 Å². The van der Waals surface area contributed by atoms with Crippen LogP contribution in [0.25, 0.3) is 0 Å². The zero-order chi connectivity index (χ0) is 15.4. The smallest absolute Gasteiger partial charge is 0.163 e. The highest BCUT2D eigenvalue weighted by Gasteiger charge is 2.13. The third-order valence-electron chi connectivity index (χ3n) is 2.91. The van der Waals surface area contributed by atoms with Crippen LogP contribution in [0.4, 0.5) is 5.69 Å². The molecule has 21 heavy (non-hydrogen) atoms. The molecule has 0 aromatic heterocycles. The second-order valence-electron chi connectivity index (χ2n) is 4.39. The summed E-state index contributed by atoms with van der Waals surface area (Å²) in [4.78, 5) is 11.7. The standard InChI is InChI=1S/C16H14N2O3/c1-10(19)14-7-12(18)4-6-15(14)21-16-8-13(20-2)5-3-11(16)9-17/h3-8H,18H2,1-2H3. The molecule has 0 spiro atoms. The third-order valence-corrected chi connectivity index (χ3v) is 2.91. The molecule has 5 heteroatoms. The van der Waals surface area contributed by atoms with Gasteiger partial charge in [0.2, 0.25) is 0 Å². The highest BCUT2D eigenvalue weighted by atomic mass is 16.5. The van der Waals surface area contributed by atoms with Crippen molar-refractivity contribution in [2.24, 2.45) is 0 Å². The van der Waals surface area contributed by atoms with Gasteiger partial charge in [0.1, 0.15) is 23.3 Å². The second kappa shape index (κ2) is 5.97. The first-order chi connectivity index (χ1) is 10.0. The van der Waals surface area contributed by atoms with E-state index in [2.05, 4.69) is 0 Å². The Hall–Kier alpha value is -3.00. The van der Waals surface area contributed by atoms with Crippen LogP contribution in [-0.4, -0.2) is 12.9 Å². The molecule has 0 aliphatic rings. The molecule has 0 saturated carbocycles. The fourth-order valence-electron chi connectivity index (χ4n) is 1.84. The van der Waals surface area contributed by atoms with Gasteiger partial charge in [-0.3, -0.25) is 4.79 Å². The maximum absolute atomic E-state index is 11.7. The molecular formula is C16H14N2O3. The van der Waals surface area contributed by atoms with Gasteiger partial charge in [-0.05, 0) is 37.3 Å². The number of methoxy groups -OCH3 is 1. The molecule has 106 valence electrons. The van der Waals surface area contributed by atoms with Crippen LogP contribution in [0.2, 0.25) is 0 Å². The molecule has 2 rings (SSSR count). The number of carbonyl (C=O) groups is 1. The first-order valence-electron chi connectivity index (χ1n) is 6.21. The number of benzene rings is 2. The monoisotopic (exact) mass is 282 g/mol. The van der Waals surface area contributed by atoms with Crippen LogP contribution < -0.4 is 15.2 Å². The zero-order valence-electron chi connectivity index (χ0n) is 11.7. The summed E-state index contributed by atoms with van der Waals surface area (Å²) in [5, 5.41) is 9.12. The summed E-state index contributed by atoms with van der Waals surface area (Å²) in [6, 6.07) is 11.7. The summed E-state index contributed by atoms with van der Waals surface area (Å²) < 4.78 is 10.8. The molecule has 2 N–H and O–H groups in total. The van der Waals surface area contributed by atoms with Crippen molar-refractivity contribution in [3.63, 3.8) is 0 Å². The summed E-state index contributed by atoms with van der Waals surface area (Å²) in [5.74, 6) is 1.06. The summed E-state index contributed by atoms with van der Waals surface area (Å²) in [6.45, 7) is 1.43. The van der Waals surface area contributed by atoms with Gasteiger partial charge in [0.15, 0.2) is 5.78 Å². The van der Waals surface area contributed by atoms with Gasteiger partial charge in [0.25, 0.3) is 0 Å². The number of ether oxygens (including phenoxy) is 2. The highest BCUT2D eigenvalue weighted by molar-refractivity contribution is 5.97. The highest BCUT2D eigenvalue weighted by Crippen LogP contribution is 2.32. The molecule has 0 fully saturated rings. The number of ketones is 1. The number of anilines is 1. The Morgan fingerprint density at radius 2 is 1.95 bits per heavy atom. The maximum atomic E-state index is 11.7. The van der Waals surface area contributed by atoms with Gasteiger partial charge in [0, 0.05) is 11.8 Å². The minimum atomic E-state index is -0.168. The fraction of sp³-hybridized carbons (Fsp3) is 0.125. The van der Waals surface area contributed by atoms with Gasteiger partial charge < -0.3 is 15.2 Å². The Morgan fingerprint density at radius 3 is 2.57 bits per heavy atom. The molecule has 0 heterocycles. The normalized spacial score (nSPS) is 9.76. The number of rotatable bonds is 4. The largest absolute Gasteiger partial charge is 0.497 e. The second-order valence-corrected chi connectivity index (χ2v) is 4.39. The molecule has 0 unspecified atom stereocenters. The molecule has 0 saturated heterocycles. The lowest BCUT2D eigenvalue weighted by Crippen LogP contribution is -2.00. The average Bonchev–Trinajstić information content (AvgIpc) is 2.48. The van der Waals surface area contributed by atoms with Crippen LogP contribution >= 0.6 is 0 Å².